The average Bonchev–Trinajstić information content (AvgIpc) is 2.83. The zero-order valence-electron chi connectivity index (χ0n) is 9.78. The number of hydrogen-bond acceptors (Lipinski definition) is 5. The second-order valence-corrected chi connectivity index (χ2v) is 4.66. The van der Waals surface area contributed by atoms with E-state index in [0.717, 1.165) is 16.8 Å². The number of nitro groups is 1. The van der Waals surface area contributed by atoms with Gasteiger partial charge in [0.15, 0.2) is 0 Å². The predicted octanol–water partition coefficient (Wildman–Crippen LogP) is 1.86. The highest BCUT2D eigenvalue weighted by Crippen LogP contribution is 2.16. The van der Waals surface area contributed by atoms with E-state index in [-0.39, 0.29) is 28.2 Å². The zero-order chi connectivity index (χ0) is 14.9. The van der Waals surface area contributed by atoms with Crippen molar-refractivity contribution in [2.45, 2.75) is 6.54 Å². The van der Waals surface area contributed by atoms with Crippen LogP contribution in [0.15, 0.2) is 38.1 Å². The van der Waals surface area contributed by atoms with Gasteiger partial charge in [0.2, 0.25) is 5.76 Å². The Morgan fingerprint density at radius 3 is 2.75 bits per heavy atom. The zero-order valence-corrected chi connectivity index (χ0v) is 11.4. The molecule has 0 saturated heterocycles. The Labute approximate surface area is 119 Å². The van der Waals surface area contributed by atoms with Crippen LogP contribution in [0.2, 0.25) is 0 Å². The second-order valence-electron chi connectivity index (χ2n) is 3.81. The van der Waals surface area contributed by atoms with Gasteiger partial charge in [-0.1, -0.05) is 0 Å². The maximum atomic E-state index is 11.8. The van der Waals surface area contributed by atoms with E-state index >= 15 is 0 Å². The largest absolute Gasteiger partial charge is 0.475 e. The average molecular weight is 343 g/mol. The van der Waals surface area contributed by atoms with Crippen molar-refractivity contribution in [2.24, 2.45) is 0 Å². The Bertz CT molecular complexity index is 748. The van der Waals surface area contributed by atoms with Crippen molar-refractivity contribution in [2.75, 3.05) is 0 Å². The lowest BCUT2D eigenvalue weighted by molar-refractivity contribution is -0.385. The summed E-state index contributed by atoms with van der Waals surface area (Å²) < 4.78 is 6.10. The molecule has 1 N–H and O–H groups in total. The molecule has 2 aromatic heterocycles. The lowest BCUT2D eigenvalue weighted by Gasteiger charge is -2.04. The fraction of sp³-hybridized carbons (Fsp3) is 0.0909. The van der Waals surface area contributed by atoms with E-state index in [4.69, 9.17) is 9.52 Å². The molecule has 0 bridgehead atoms. The molecule has 0 fully saturated rings. The highest BCUT2D eigenvalue weighted by molar-refractivity contribution is 9.10. The molecular weight excluding hydrogens is 336 g/mol. The first-order valence-corrected chi connectivity index (χ1v) is 6.04. The normalized spacial score (nSPS) is 10.4. The number of carboxylic acids is 1. The Morgan fingerprint density at radius 1 is 1.50 bits per heavy atom. The van der Waals surface area contributed by atoms with E-state index in [9.17, 15) is 19.7 Å². The Balaban J connectivity index is 2.39. The molecule has 0 amide bonds. The number of pyridine rings is 1. The van der Waals surface area contributed by atoms with E-state index in [1.54, 1.807) is 0 Å². The van der Waals surface area contributed by atoms with Crippen molar-refractivity contribution in [3.8, 4) is 0 Å². The van der Waals surface area contributed by atoms with Crippen LogP contribution in [0.1, 0.15) is 16.3 Å². The van der Waals surface area contributed by atoms with Crippen molar-refractivity contribution in [1.29, 1.82) is 0 Å². The molecule has 0 unspecified atom stereocenters. The van der Waals surface area contributed by atoms with Crippen LogP contribution >= 0.6 is 15.9 Å². The Morgan fingerprint density at radius 2 is 2.20 bits per heavy atom. The fourth-order valence-electron chi connectivity index (χ4n) is 1.55. The summed E-state index contributed by atoms with van der Waals surface area (Å²) in [6.45, 7) is -0.105. The van der Waals surface area contributed by atoms with Gasteiger partial charge in [-0.15, -0.1) is 0 Å². The summed E-state index contributed by atoms with van der Waals surface area (Å²) >= 11 is 2.94. The standard InChI is InChI=1S/C11H7BrN2O6/c12-8-3-6(14(18)19)4-13(10(8)15)5-7-1-2-9(20-7)11(16)17/h1-4H,5H2,(H,16,17). The van der Waals surface area contributed by atoms with Gasteiger partial charge in [0, 0.05) is 6.07 Å². The van der Waals surface area contributed by atoms with Gasteiger partial charge in [-0.05, 0) is 28.1 Å². The number of rotatable bonds is 4. The van der Waals surface area contributed by atoms with Crippen molar-refractivity contribution >= 4 is 27.6 Å². The van der Waals surface area contributed by atoms with Gasteiger partial charge in [-0.2, -0.15) is 0 Å². The van der Waals surface area contributed by atoms with Crippen LogP contribution in [0.3, 0.4) is 0 Å². The van der Waals surface area contributed by atoms with Gasteiger partial charge in [0.05, 0.1) is 22.1 Å². The van der Waals surface area contributed by atoms with Crippen LogP contribution < -0.4 is 5.56 Å². The van der Waals surface area contributed by atoms with Gasteiger partial charge in [0.25, 0.3) is 11.2 Å². The van der Waals surface area contributed by atoms with Crippen molar-refractivity contribution in [3.63, 3.8) is 0 Å². The maximum Gasteiger partial charge on any atom is 0.371 e. The van der Waals surface area contributed by atoms with E-state index in [2.05, 4.69) is 15.9 Å². The number of carboxylic acid groups (broad SMARTS) is 1. The molecule has 0 aliphatic carbocycles. The SMILES string of the molecule is O=C(O)c1ccc(Cn2cc([N+](=O)[O-])cc(Br)c2=O)o1. The number of aromatic carboxylic acids is 1. The number of nitrogens with zero attached hydrogens (tertiary/aromatic N) is 2. The van der Waals surface area contributed by atoms with Crippen LogP contribution in [-0.2, 0) is 6.54 Å². The first kappa shape index (κ1) is 14.0. The van der Waals surface area contributed by atoms with Crippen LogP contribution in [0.4, 0.5) is 5.69 Å². The minimum absolute atomic E-state index is 0.0386. The predicted molar refractivity (Wildman–Crippen MR) is 69.8 cm³/mol. The van der Waals surface area contributed by atoms with E-state index in [1.165, 1.54) is 12.1 Å². The lowest BCUT2D eigenvalue weighted by Crippen LogP contribution is -2.21. The molecule has 0 radical (unpaired) electrons. The summed E-state index contributed by atoms with van der Waals surface area (Å²) in [5.41, 5.74) is -0.745. The first-order valence-electron chi connectivity index (χ1n) is 5.25. The summed E-state index contributed by atoms with van der Waals surface area (Å²) in [7, 11) is 0. The smallest absolute Gasteiger partial charge is 0.371 e. The Kier molecular flexibility index (Phi) is 3.70. The van der Waals surface area contributed by atoms with Crippen LogP contribution in [-0.4, -0.2) is 20.6 Å². The molecule has 0 atom stereocenters. The second kappa shape index (κ2) is 5.29. The number of hydrogen-bond donors (Lipinski definition) is 1. The highest BCUT2D eigenvalue weighted by Gasteiger charge is 2.14. The summed E-state index contributed by atoms with van der Waals surface area (Å²) in [4.78, 5) is 32.6. The van der Waals surface area contributed by atoms with Gasteiger partial charge in [-0.3, -0.25) is 14.9 Å². The molecular formula is C11H7BrN2O6. The molecule has 2 heterocycles. The monoisotopic (exact) mass is 342 g/mol. The Hall–Kier alpha value is -2.42. The molecule has 2 aromatic rings. The molecule has 2 rings (SSSR count). The van der Waals surface area contributed by atoms with Crippen LogP contribution in [0.25, 0.3) is 0 Å². The lowest BCUT2D eigenvalue weighted by atomic mass is 10.3. The van der Waals surface area contributed by atoms with E-state index in [0.29, 0.717) is 0 Å². The first-order chi connectivity index (χ1) is 9.38. The fourth-order valence-corrected chi connectivity index (χ4v) is 2.01. The third-order valence-corrected chi connectivity index (χ3v) is 3.01. The molecule has 0 aromatic carbocycles. The summed E-state index contributed by atoms with van der Waals surface area (Å²) in [6.07, 6.45) is 1.07. The highest BCUT2D eigenvalue weighted by atomic mass is 79.9. The van der Waals surface area contributed by atoms with Crippen molar-refractivity contribution < 1.29 is 19.2 Å². The molecule has 104 valence electrons. The van der Waals surface area contributed by atoms with Gasteiger partial charge in [0.1, 0.15) is 5.76 Å². The summed E-state index contributed by atoms with van der Waals surface area (Å²) in [6, 6.07) is 3.74. The molecule has 0 spiro atoms. The van der Waals surface area contributed by atoms with Crippen molar-refractivity contribution in [1.82, 2.24) is 4.57 Å². The van der Waals surface area contributed by atoms with Crippen LogP contribution in [0.5, 0.6) is 0 Å². The topological polar surface area (TPSA) is 116 Å². The minimum Gasteiger partial charge on any atom is -0.475 e. The maximum absolute atomic E-state index is 11.8. The molecule has 0 saturated carbocycles. The third-order valence-electron chi connectivity index (χ3n) is 2.44. The molecule has 8 nitrogen and oxygen atoms in total. The van der Waals surface area contributed by atoms with E-state index in [1.807, 2.05) is 0 Å². The third kappa shape index (κ3) is 2.77. The van der Waals surface area contributed by atoms with Crippen LogP contribution in [0, 0.1) is 10.1 Å². The van der Waals surface area contributed by atoms with Gasteiger partial charge in [-0.25, -0.2) is 4.79 Å². The van der Waals surface area contributed by atoms with Gasteiger partial charge < -0.3 is 14.1 Å². The molecule has 9 heteroatoms. The van der Waals surface area contributed by atoms with Crippen molar-refractivity contribution in [3.05, 3.63) is 60.9 Å². The molecule has 20 heavy (non-hydrogen) atoms. The summed E-state index contributed by atoms with van der Waals surface area (Å²) in [5.74, 6) is -1.29. The minimum atomic E-state index is -1.23. The molecule has 0 aliphatic heterocycles. The van der Waals surface area contributed by atoms with Gasteiger partial charge >= 0.3 is 5.97 Å². The number of furan rings is 1. The number of aromatic nitrogens is 1. The quantitative estimate of drug-likeness (QED) is 0.669. The number of carbonyl (C=O) groups is 1. The summed E-state index contributed by atoms with van der Waals surface area (Å²) in [5, 5.41) is 19.5. The number of halogens is 1. The molecule has 0 aliphatic rings. The van der Waals surface area contributed by atoms with E-state index < -0.39 is 16.5 Å².